The zero-order valence-corrected chi connectivity index (χ0v) is 13.6. The molecule has 0 saturated carbocycles. The van der Waals surface area contributed by atoms with Crippen molar-refractivity contribution in [3.63, 3.8) is 0 Å². The molecule has 1 aromatic heterocycles. The first-order valence-corrected chi connectivity index (χ1v) is 7.95. The molecule has 22 heavy (non-hydrogen) atoms. The van der Waals surface area contributed by atoms with Crippen molar-refractivity contribution >= 4 is 0 Å². The smallest absolute Gasteiger partial charge is 0.226 e. The molecule has 2 heterocycles. The maximum absolute atomic E-state index is 5.91. The summed E-state index contributed by atoms with van der Waals surface area (Å²) in [6.07, 6.45) is 2.68. The number of likely N-dealkylation sites (tertiary alicyclic amines) is 1. The molecule has 3 rings (SSSR count). The number of benzene rings is 1. The van der Waals surface area contributed by atoms with Gasteiger partial charge in [0.05, 0.1) is 11.8 Å². The van der Waals surface area contributed by atoms with Gasteiger partial charge >= 0.3 is 0 Å². The molecule has 118 valence electrons. The summed E-state index contributed by atoms with van der Waals surface area (Å²) in [6.45, 7) is 7.00. The summed E-state index contributed by atoms with van der Waals surface area (Å²) in [4.78, 5) is 7.14. The van der Waals surface area contributed by atoms with Gasteiger partial charge in [-0.25, -0.2) is 4.98 Å². The molecular formula is C18H24N2O2. The Hall–Kier alpha value is -1.65. The first-order chi connectivity index (χ1) is 10.7. The Morgan fingerprint density at radius 2 is 2.14 bits per heavy atom. The zero-order valence-electron chi connectivity index (χ0n) is 13.6. The minimum absolute atomic E-state index is 0.344. The number of aryl methyl sites for hydroxylation is 2. The molecule has 2 aromatic rings. The van der Waals surface area contributed by atoms with Crippen LogP contribution >= 0.6 is 0 Å². The van der Waals surface area contributed by atoms with E-state index in [2.05, 4.69) is 24.0 Å². The largest absolute Gasteiger partial charge is 0.441 e. The molecule has 1 aliphatic heterocycles. The number of oxazole rings is 1. The van der Waals surface area contributed by atoms with Gasteiger partial charge in [-0.3, -0.25) is 4.90 Å². The maximum atomic E-state index is 5.91. The van der Waals surface area contributed by atoms with Crippen LogP contribution in [0.15, 0.2) is 28.7 Å². The van der Waals surface area contributed by atoms with E-state index >= 15 is 0 Å². The van der Waals surface area contributed by atoms with Crippen molar-refractivity contribution in [3.8, 4) is 11.5 Å². The quantitative estimate of drug-likeness (QED) is 0.865. The van der Waals surface area contributed by atoms with E-state index in [1.165, 1.54) is 12.0 Å². The predicted molar refractivity (Wildman–Crippen MR) is 86.7 cm³/mol. The third kappa shape index (κ3) is 3.23. The van der Waals surface area contributed by atoms with Crippen LogP contribution in [-0.4, -0.2) is 36.2 Å². The van der Waals surface area contributed by atoms with Gasteiger partial charge in [0.25, 0.3) is 0 Å². The molecule has 0 bridgehead atoms. The minimum Gasteiger partial charge on any atom is -0.441 e. The third-order valence-corrected chi connectivity index (χ3v) is 4.44. The SMILES string of the molecule is CO[C@@H]1CCCN(Cc2nc(-c3ccccc3C)oc2C)C1. The summed E-state index contributed by atoms with van der Waals surface area (Å²) in [5.74, 6) is 1.64. The highest BCUT2D eigenvalue weighted by Gasteiger charge is 2.22. The van der Waals surface area contributed by atoms with Crippen LogP contribution in [0, 0.1) is 13.8 Å². The number of piperidine rings is 1. The Balaban J connectivity index is 1.77. The van der Waals surface area contributed by atoms with Crippen LogP contribution in [0.3, 0.4) is 0 Å². The van der Waals surface area contributed by atoms with E-state index < -0.39 is 0 Å². The molecule has 1 aromatic carbocycles. The molecule has 0 spiro atoms. The van der Waals surface area contributed by atoms with Crippen LogP contribution < -0.4 is 0 Å². The van der Waals surface area contributed by atoms with E-state index in [1.807, 2.05) is 19.1 Å². The van der Waals surface area contributed by atoms with Crippen molar-refractivity contribution in [3.05, 3.63) is 41.3 Å². The number of hydrogen-bond acceptors (Lipinski definition) is 4. The molecule has 1 fully saturated rings. The fourth-order valence-corrected chi connectivity index (χ4v) is 3.06. The van der Waals surface area contributed by atoms with E-state index in [9.17, 15) is 0 Å². The molecule has 0 N–H and O–H groups in total. The maximum Gasteiger partial charge on any atom is 0.226 e. The highest BCUT2D eigenvalue weighted by Crippen LogP contribution is 2.26. The monoisotopic (exact) mass is 300 g/mol. The normalized spacial score (nSPS) is 19.5. The standard InChI is InChI=1S/C18H24N2O2/c1-13-7-4-5-9-16(13)18-19-17(14(2)22-18)12-20-10-6-8-15(11-20)21-3/h4-5,7,9,15H,6,8,10-12H2,1-3H3/t15-/m1/s1. The van der Waals surface area contributed by atoms with Gasteiger partial charge in [-0.1, -0.05) is 18.2 Å². The number of rotatable bonds is 4. The first-order valence-electron chi connectivity index (χ1n) is 7.95. The fourth-order valence-electron chi connectivity index (χ4n) is 3.06. The second-order valence-corrected chi connectivity index (χ2v) is 6.07. The Kier molecular flexibility index (Phi) is 4.60. The van der Waals surface area contributed by atoms with Crippen molar-refractivity contribution in [2.24, 2.45) is 0 Å². The van der Waals surface area contributed by atoms with E-state index in [1.54, 1.807) is 7.11 Å². The molecular weight excluding hydrogens is 276 g/mol. The highest BCUT2D eigenvalue weighted by atomic mass is 16.5. The number of hydrogen-bond donors (Lipinski definition) is 0. The van der Waals surface area contributed by atoms with Crippen molar-refractivity contribution in [1.29, 1.82) is 0 Å². The average Bonchev–Trinajstić information content (AvgIpc) is 2.89. The van der Waals surface area contributed by atoms with Crippen LogP contribution in [-0.2, 0) is 11.3 Å². The molecule has 0 unspecified atom stereocenters. The fraction of sp³-hybridized carbons (Fsp3) is 0.500. The number of nitrogens with zero attached hydrogens (tertiary/aromatic N) is 2. The molecule has 1 aliphatic rings. The lowest BCUT2D eigenvalue weighted by Crippen LogP contribution is -2.38. The van der Waals surface area contributed by atoms with Crippen LogP contribution in [0.25, 0.3) is 11.5 Å². The second kappa shape index (κ2) is 6.63. The molecule has 1 atom stereocenters. The van der Waals surface area contributed by atoms with Gasteiger partial charge in [0, 0.05) is 25.8 Å². The van der Waals surface area contributed by atoms with Gasteiger partial charge in [-0.2, -0.15) is 0 Å². The zero-order chi connectivity index (χ0) is 15.5. The number of aromatic nitrogens is 1. The van der Waals surface area contributed by atoms with Crippen molar-refractivity contribution in [1.82, 2.24) is 9.88 Å². The van der Waals surface area contributed by atoms with E-state index in [0.29, 0.717) is 6.10 Å². The van der Waals surface area contributed by atoms with Gasteiger partial charge in [0.1, 0.15) is 5.76 Å². The highest BCUT2D eigenvalue weighted by molar-refractivity contribution is 5.58. The van der Waals surface area contributed by atoms with Crippen LogP contribution in [0.1, 0.15) is 29.9 Å². The number of methoxy groups -OCH3 is 1. The Bertz CT molecular complexity index is 636. The predicted octanol–water partition coefficient (Wildman–Crippen LogP) is 3.57. The number of ether oxygens (including phenoxy) is 1. The first kappa shape index (κ1) is 15.3. The van der Waals surface area contributed by atoms with E-state index in [4.69, 9.17) is 14.1 Å². The van der Waals surface area contributed by atoms with E-state index in [0.717, 1.165) is 49.0 Å². The Labute approximate surface area is 132 Å². The summed E-state index contributed by atoms with van der Waals surface area (Å²) < 4.78 is 11.4. The third-order valence-electron chi connectivity index (χ3n) is 4.44. The van der Waals surface area contributed by atoms with Crippen LogP contribution in [0.5, 0.6) is 0 Å². The van der Waals surface area contributed by atoms with Gasteiger partial charge in [-0.15, -0.1) is 0 Å². The molecule has 1 saturated heterocycles. The summed E-state index contributed by atoms with van der Waals surface area (Å²) in [6, 6.07) is 8.21. The van der Waals surface area contributed by atoms with Crippen LogP contribution in [0.2, 0.25) is 0 Å². The van der Waals surface area contributed by atoms with Crippen LogP contribution in [0.4, 0.5) is 0 Å². The molecule has 0 amide bonds. The van der Waals surface area contributed by atoms with Crippen molar-refractivity contribution in [2.45, 2.75) is 39.3 Å². The summed E-state index contributed by atoms with van der Waals surface area (Å²) >= 11 is 0. The Morgan fingerprint density at radius 1 is 1.32 bits per heavy atom. The minimum atomic E-state index is 0.344. The summed E-state index contributed by atoms with van der Waals surface area (Å²) in [7, 11) is 1.80. The molecule has 0 aliphatic carbocycles. The molecule has 4 heteroatoms. The Morgan fingerprint density at radius 3 is 2.91 bits per heavy atom. The molecule has 4 nitrogen and oxygen atoms in total. The van der Waals surface area contributed by atoms with Gasteiger partial charge in [0.2, 0.25) is 5.89 Å². The summed E-state index contributed by atoms with van der Waals surface area (Å²) in [5, 5.41) is 0. The lowest BCUT2D eigenvalue weighted by atomic mass is 10.1. The second-order valence-electron chi connectivity index (χ2n) is 6.07. The average molecular weight is 300 g/mol. The van der Waals surface area contributed by atoms with E-state index in [-0.39, 0.29) is 0 Å². The van der Waals surface area contributed by atoms with Crippen molar-refractivity contribution in [2.75, 3.05) is 20.2 Å². The summed E-state index contributed by atoms with van der Waals surface area (Å²) in [5.41, 5.74) is 3.30. The lowest BCUT2D eigenvalue weighted by molar-refractivity contribution is 0.0280. The van der Waals surface area contributed by atoms with Gasteiger partial charge < -0.3 is 9.15 Å². The lowest BCUT2D eigenvalue weighted by Gasteiger charge is -2.31. The van der Waals surface area contributed by atoms with Crippen molar-refractivity contribution < 1.29 is 9.15 Å². The topological polar surface area (TPSA) is 38.5 Å². The van der Waals surface area contributed by atoms with Gasteiger partial charge in [-0.05, 0) is 44.9 Å². The molecule has 0 radical (unpaired) electrons. The van der Waals surface area contributed by atoms with Gasteiger partial charge in [0.15, 0.2) is 0 Å².